The van der Waals surface area contributed by atoms with Crippen molar-refractivity contribution in [2.75, 3.05) is 18.0 Å². The summed E-state index contributed by atoms with van der Waals surface area (Å²) in [6.07, 6.45) is 9.22. The van der Waals surface area contributed by atoms with E-state index in [-0.39, 0.29) is 0 Å². The normalized spacial score (nSPS) is 21.5. The van der Waals surface area contributed by atoms with Crippen LogP contribution in [0.15, 0.2) is 10.7 Å². The van der Waals surface area contributed by atoms with Gasteiger partial charge in [0, 0.05) is 25.1 Å². The van der Waals surface area contributed by atoms with Crippen LogP contribution in [0.5, 0.6) is 0 Å². The van der Waals surface area contributed by atoms with Gasteiger partial charge in [-0.15, -0.1) is 0 Å². The van der Waals surface area contributed by atoms with E-state index in [1.165, 1.54) is 44.9 Å². The number of hydrogen-bond donors (Lipinski definition) is 0. The van der Waals surface area contributed by atoms with Gasteiger partial charge in [-0.2, -0.15) is 0 Å². The molecule has 0 aromatic carbocycles. The fourth-order valence-electron chi connectivity index (χ4n) is 2.59. The lowest BCUT2D eigenvalue weighted by Crippen LogP contribution is -2.28. The molecule has 0 spiro atoms. The van der Waals surface area contributed by atoms with E-state index in [0.717, 1.165) is 29.3 Å². The summed E-state index contributed by atoms with van der Waals surface area (Å²) in [5, 5.41) is 0. The third kappa shape index (κ3) is 3.02. The van der Waals surface area contributed by atoms with Gasteiger partial charge in [0.2, 0.25) is 0 Å². The zero-order valence-electron chi connectivity index (χ0n) is 10.7. The predicted octanol–water partition coefficient (Wildman–Crippen LogP) is 3.89. The van der Waals surface area contributed by atoms with Gasteiger partial charge in [0.25, 0.3) is 0 Å². The minimum Gasteiger partial charge on any atom is -0.356 e. The fraction of sp³-hybridized carbons (Fsp3) is 0.714. The molecule has 0 unspecified atom stereocenters. The van der Waals surface area contributed by atoms with E-state index in [4.69, 9.17) is 4.98 Å². The van der Waals surface area contributed by atoms with Crippen molar-refractivity contribution in [3.8, 4) is 0 Å². The lowest BCUT2D eigenvalue weighted by molar-refractivity contribution is 0.553. The van der Waals surface area contributed by atoms with Crippen LogP contribution in [0.2, 0.25) is 0 Å². The summed E-state index contributed by atoms with van der Waals surface area (Å²) >= 11 is 3.53. The van der Waals surface area contributed by atoms with Crippen molar-refractivity contribution >= 4 is 21.7 Å². The van der Waals surface area contributed by atoms with Crippen molar-refractivity contribution in [1.29, 1.82) is 0 Å². The van der Waals surface area contributed by atoms with E-state index >= 15 is 0 Å². The first-order valence-corrected chi connectivity index (χ1v) is 7.91. The Bertz CT molecular complexity index is 410. The Labute approximate surface area is 117 Å². The fourth-order valence-corrected chi connectivity index (χ4v) is 2.97. The van der Waals surface area contributed by atoms with Crippen LogP contribution in [0.1, 0.15) is 56.7 Å². The second-order valence-corrected chi connectivity index (χ2v) is 6.25. The maximum Gasteiger partial charge on any atom is 0.135 e. The van der Waals surface area contributed by atoms with E-state index < -0.39 is 0 Å². The van der Waals surface area contributed by atoms with E-state index in [2.05, 4.69) is 31.9 Å². The number of rotatable bonds is 2. The van der Waals surface area contributed by atoms with Crippen LogP contribution in [0.4, 0.5) is 5.82 Å². The topological polar surface area (TPSA) is 29.0 Å². The number of anilines is 1. The van der Waals surface area contributed by atoms with Crippen molar-refractivity contribution in [2.24, 2.45) is 0 Å². The second-order valence-electron chi connectivity index (χ2n) is 5.44. The summed E-state index contributed by atoms with van der Waals surface area (Å²) in [5.41, 5.74) is 0. The van der Waals surface area contributed by atoms with Gasteiger partial charge in [-0.05, 0) is 41.6 Å². The maximum absolute atomic E-state index is 4.78. The molecule has 0 amide bonds. The third-order valence-corrected chi connectivity index (χ3v) is 4.23. The minimum absolute atomic E-state index is 0.621. The molecule has 2 aliphatic rings. The van der Waals surface area contributed by atoms with Crippen LogP contribution in [-0.4, -0.2) is 23.1 Å². The van der Waals surface area contributed by atoms with Gasteiger partial charge in [-0.3, -0.25) is 0 Å². The summed E-state index contributed by atoms with van der Waals surface area (Å²) in [6, 6.07) is 2.08. The molecule has 2 fully saturated rings. The number of halogens is 1. The van der Waals surface area contributed by atoms with Crippen LogP contribution in [0.3, 0.4) is 0 Å². The summed E-state index contributed by atoms with van der Waals surface area (Å²) in [4.78, 5) is 11.7. The highest BCUT2D eigenvalue weighted by Crippen LogP contribution is 2.39. The van der Waals surface area contributed by atoms with Crippen molar-refractivity contribution in [2.45, 2.75) is 50.9 Å². The Morgan fingerprint density at radius 1 is 1.00 bits per heavy atom. The Balaban J connectivity index is 1.80. The molecule has 0 atom stereocenters. The van der Waals surface area contributed by atoms with Crippen molar-refractivity contribution in [1.82, 2.24) is 9.97 Å². The summed E-state index contributed by atoms with van der Waals surface area (Å²) < 4.78 is 0.941. The largest absolute Gasteiger partial charge is 0.356 e. The molecular weight excluding hydrogens is 290 g/mol. The quantitative estimate of drug-likeness (QED) is 0.776. The molecule has 1 saturated heterocycles. The van der Waals surface area contributed by atoms with Crippen LogP contribution in [0, 0.1) is 0 Å². The molecule has 1 aromatic heterocycles. The average Bonchev–Trinajstić information content (AvgIpc) is 3.11. The van der Waals surface area contributed by atoms with E-state index in [9.17, 15) is 0 Å². The van der Waals surface area contributed by atoms with E-state index in [1.807, 2.05) is 0 Å². The first-order chi connectivity index (χ1) is 8.83. The van der Waals surface area contributed by atoms with E-state index in [1.54, 1.807) is 0 Å². The summed E-state index contributed by atoms with van der Waals surface area (Å²) in [5.74, 6) is 2.79. The number of hydrogen-bond acceptors (Lipinski definition) is 3. The highest BCUT2D eigenvalue weighted by Gasteiger charge is 2.27. The van der Waals surface area contributed by atoms with Crippen LogP contribution in [-0.2, 0) is 0 Å². The highest BCUT2D eigenvalue weighted by molar-refractivity contribution is 9.10. The molecule has 3 rings (SSSR count). The molecule has 1 aliphatic carbocycles. The molecule has 1 aromatic rings. The van der Waals surface area contributed by atoms with Crippen LogP contribution >= 0.6 is 15.9 Å². The van der Waals surface area contributed by atoms with Crippen LogP contribution < -0.4 is 4.90 Å². The first kappa shape index (κ1) is 12.4. The van der Waals surface area contributed by atoms with Crippen molar-refractivity contribution in [3.05, 3.63) is 16.5 Å². The van der Waals surface area contributed by atoms with Gasteiger partial charge in [0.1, 0.15) is 16.2 Å². The zero-order chi connectivity index (χ0) is 12.4. The number of aromatic nitrogens is 2. The molecule has 1 saturated carbocycles. The average molecular weight is 310 g/mol. The minimum atomic E-state index is 0.621. The standard InChI is InChI=1S/C14H20BrN3/c15-12-10-13(17-14(16-12)11-6-7-11)18-8-4-2-1-3-5-9-18/h10-11H,1-9H2. The van der Waals surface area contributed by atoms with E-state index in [0.29, 0.717) is 5.92 Å². The molecular formula is C14H20BrN3. The highest BCUT2D eigenvalue weighted by atomic mass is 79.9. The van der Waals surface area contributed by atoms with Gasteiger partial charge in [0.15, 0.2) is 0 Å². The summed E-state index contributed by atoms with van der Waals surface area (Å²) in [6.45, 7) is 2.29. The molecule has 0 radical (unpaired) electrons. The van der Waals surface area contributed by atoms with Gasteiger partial charge >= 0.3 is 0 Å². The Morgan fingerprint density at radius 3 is 2.33 bits per heavy atom. The Kier molecular flexibility index (Phi) is 3.83. The van der Waals surface area contributed by atoms with Gasteiger partial charge in [-0.1, -0.05) is 19.3 Å². The van der Waals surface area contributed by atoms with Crippen LogP contribution in [0.25, 0.3) is 0 Å². The molecule has 3 nitrogen and oxygen atoms in total. The smallest absolute Gasteiger partial charge is 0.135 e. The third-order valence-electron chi connectivity index (χ3n) is 3.82. The molecule has 1 aliphatic heterocycles. The summed E-state index contributed by atoms with van der Waals surface area (Å²) in [7, 11) is 0. The maximum atomic E-state index is 4.78. The monoisotopic (exact) mass is 309 g/mol. The lowest BCUT2D eigenvalue weighted by Gasteiger charge is -2.26. The molecule has 4 heteroatoms. The lowest BCUT2D eigenvalue weighted by atomic mass is 10.1. The molecule has 98 valence electrons. The second kappa shape index (κ2) is 5.55. The Morgan fingerprint density at radius 2 is 1.67 bits per heavy atom. The molecule has 0 bridgehead atoms. The number of nitrogens with zero attached hydrogens (tertiary/aromatic N) is 3. The molecule has 18 heavy (non-hydrogen) atoms. The first-order valence-electron chi connectivity index (χ1n) is 7.12. The molecule has 0 N–H and O–H groups in total. The Hall–Kier alpha value is -0.640. The zero-order valence-corrected chi connectivity index (χ0v) is 12.3. The van der Waals surface area contributed by atoms with Crippen molar-refractivity contribution in [3.63, 3.8) is 0 Å². The molecule has 2 heterocycles. The predicted molar refractivity (Wildman–Crippen MR) is 77.0 cm³/mol. The van der Waals surface area contributed by atoms with Gasteiger partial charge < -0.3 is 4.90 Å². The van der Waals surface area contributed by atoms with Crippen molar-refractivity contribution < 1.29 is 0 Å². The SMILES string of the molecule is Brc1cc(N2CCCCCCC2)nc(C2CC2)n1. The van der Waals surface area contributed by atoms with Gasteiger partial charge in [0.05, 0.1) is 0 Å². The van der Waals surface area contributed by atoms with Gasteiger partial charge in [-0.25, -0.2) is 9.97 Å².